The zero-order valence-corrected chi connectivity index (χ0v) is 38.3. The van der Waals surface area contributed by atoms with Crippen LogP contribution >= 0.6 is 0 Å². The first-order valence-corrected chi connectivity index (χ1v) is 24.8. The molecule has 6 atom stereocenters. The van der Waals surface area contributed by atoms with Gasteiger partial charge in [-0.05, 0) is 108 Å². The number of nitrogens with zero attached hydrogens (tertiary/aromatic N) is 6. The van der Waals surface area contributed by atoms with E-state index in [4.69, 9.17) is 29.9 Å². The van der Waals surface area contributed by atoms with Gasteiger partial charge in [0.05, 0.1) is 34.2 Å². The fourth-order valence-electron chi connectivity index (χ4n) is 10.4. The Balaban J connectivity index is 0.818. The zero-order valence-electron chi connectivity index (χ0n) is 38.3. The van der Waals surface area contributed by atoms with Gasteiger partial charge in [0.25, 0.3) is 0 Å². The normalized spacial score (nSPS) is 24.7. The van der Waals surface area contributed by atoms with Crippen molar-refractivity contribution in [2.45, 2.75) is 153 Å². The van der Waals surface area contributed by atoms with E-state index >= 15 is 0 Å². The van der Waals surface area contributed by atoms with Crippen molar-refractivity contribution >= 4 is 0 Å². The van der Waals surface area contributed by atoms with E-state index in [0.717, 1.165) is 112 Å². The van der Waals surface area contributed by atoms with E-state index in [0.29, 0.717) is 36.3 Å². The number of rotatable bonds is 0. The first-order valence-electron chi connectivity index (χ1n) is 24.8. The maximum Gasteiger partial charge on any atom is 0.0886 e. The van der Waals surface area contributed by atoms with Crippen LogP contribution in [0.4, 0.5) is 0 Å². The summed E-state index contributed by atoms with van der Waals surface area (Å²) in [7, 11) is 0. The molecule has 0 radical (unpaired) electrons. The molecule has 18 heterocycles. The molecule has 12 heteroatoms. The van der Waals surface area contributed by atoms with E-state index in [9.17, 15) is 0 Å². The lowest BCUT2D eigenvalue weighted by Gasteiger charge is -2.33. The van der Waals surface area contributed by atoms with Crippen molar-refractivity contribution < 1.29 is 0 Å². The molecule has 6 N–H and O–H groups in total. The molecule has 12 bridgehead atoms. The summed E-state index contributed by atoms with van der Waals surface area (Å²) < 4.78 is 0. The van der Waals surface area contributed by atoms with E-state index in [1.165, 1.54) is 71.9 Å². The Labute approximate surface area is 390 Å². The van der Waals surface area contributed by atoms with E-state index in [-0.39, 0.29) is 0 Å². The minimum atomic E-state index is 0.403. The Bertz CT molecular complexity index is 1960. The van der Waals surface area contributed by atoms with Gasteiger partial charge < -0.3 is 31.9 Å². The fraction of sp³-hybridized carbons (Fsp3) is 0.444. The number of nitrogens with one attached hydrogen (secondary N) is 6. The predicted molar refractivity (Wildman–Crippen MR) is 262 cm³/mol. The molecule has 3 fully saturated rings. The monoisotopic (exact) mass is 883 g/mol. The number of pyridine rings is 6. The smallest absolute Gasteiger partial charge is 0.0886 e. The Morgan fingerprint density at radius 1 is 0.242 bits per heavy atom. The third-order valence-electron chi connectivity index (χ3n) is 14.4. The predicted octanol–water partition coefficient (Wildman–Crippen LogP) is 7.94. The second kappa shape index (κ2) is 22.0. The summed E-state index contributed by atoms with van der Waals surface area (Å²) in [5.41, 5.74) is 12.5. The second-order valence-electron chi connectivity index (χ2n) is 19.1. The zero-order chi connectivity index (χ0) is 44.3. The molecule has 3 aliphatic carbocycles. The minimum Gasteiger partial charge on any atom is -0.308 e. The lowest BCUT2D eigenvalue weighted by atomic mass is 9.90. The number of hydrogen-bond donors (Lipinski definition) is 6. The molecule has 15 aliphatic rings. The number of hydrogen-bond acceptors (Lipinski definition) is 12. The van der Waals surface area contributed by atoms with Crippen LogP contribution in [0.1, 0.15) is 110 Å². The van der Waals surface area contributed by atoms with Crippen LogP contribution in [0, 0.1) is 0 Å². The molecule has 6 aromatic heterocycles. The molecule has 0 amide bonds. The standard InChI is InChI=1S/C54H66N12/c1-2-8-44-43(7-1)55-25-37-13-19-49(61-31-37)51-21-15-39(33-63-51)27-57-45-9-3-4-10-46(45)59-29-41-17-23-53(65-35-41)54-24-18-42(36-66-54)30-60-48-12-6-5-11-47(48)58-28-40-16-22-52(64-34-40)50-20-14-38(26-56-44)32-62-50/h13-24,31-36,43-48,55-60H,1-12,25-30H2/t43-,44-,45-,46-,47-,48-/m0/s1. The van der Waals surface area contributed by atoms with Crippen LogP contribution in [0.3, 0.4) is 0 Å². The van der Waals surface area contributed by atoms with Crippen LogP contribution in [0.15, 0.2) is 110 Å². The Morgan fingerprint density at radius 2 is 0.409 bits per heavy atom. The molecule has 0 unspecified atom stereocenters. The highest BCUT2D eigenvalue weighted by atomic mass is 15.0. The van der Waals surface area contributed by atoms with E-state index in [2.05, 4.69) is 105 Å². The maximum absolute atomic E-state index is 4.83. The lowest BCUT2D eigenvalue weighted by Crippen LogP contribution is -2.49. The van der Waals surface area contributed by atoms with Crippen molar-refractivity contribution in [3.8, 4) is 34.2 Å². The average molecular weight is 883 g/mol. The van der Waals surface area contributed by atoms with E-state index in [1.54, 1.807) is 0 Å². The quantitative estimate of drug-likeness (QED) is 0.0880. The number of aromatic nitrogens is 6. The van der Waals surface area contributed by atoms with Gasteiger partial charge in [-0.1, -0.05) is 74.9 Å². The van der Waals surface area contributed by atoms with Crippen molar-refractivity contribution in [2.24, 2.45) is 0 Å². The first kappa shape index (κ1) is 44.5. The van der Waals surface area contributed by atoms with Crippen LogP contribution < -0.4 is 31.9 Å². The molecule has 0 saturated heterocycles. The van der Waals surface area contributed by atoms with Crippen molar-refractivity contribution in [1.82, 2.24) is 61.8 Å². The molecule has 12 aliphatic heterocycles. The molecule has 3 saturated carbocycles. The summed E-state index contributed by atoms with van der Waals surface area (Å²) in [6.45, 7) is 4.73. The van der Waals surface area contributed by atoms with Gasteiger partial charge in [-0.2, -0.15) is 0 Å². The van der Waals surface area contributed by atoms with Crippen molar-refractivity contribution in [1.29, 1.82) is 0 Å². The third kappa shape index (κ3) is 11.6. The van der Waals surface area contributed by atoms with Crippen LogP contribution in [0.25, 0.3) is 34.2 Å². The SMILES string of the molecule is c1cc2ncc1CN[C@H]1CCCC[C@@H]1NCc1ccc(nc1)-c1ccc(cn1)CN[C@H]1CCCC[C@@H]1NCc1ccc(nc1)-c1ccc(cn1)CN[C@H]1CCCC[C@@H]1NCc1ccc-2nc1. The lowest BCUT2D eigenvalue weighted by molar-refractivity contribution is 0.281. The van der Waals surface area contributed by atoms with Crippen LogP contribution in [0.5, 0.6) is 0 Å². The first-order chi connectivity index (χ1) is 32.6. The Hall–Kier alpha value is -5.34. The van der Waals surface area contributed by atoms with Gasteiger partial charge in [-0.25, -0.2) is 0 Å². The summed E-state index contributed by atoms with van der Waals surface area (Å²) in [4.78, 5) is 29.0. The van der Waals surface area contributed by atoms with Crippen LogP contribution in [0.2, 0.25) is 0 Å². The van der Waals surface area contributed by atoms with Gasteiger partial charge >= 0.3 is 0 Å². The largest absolute Gasteiger partial charge is 0.308 e. The second-order valence-corrected chi connectivity index (χ2v) is 19.1. The Morgan fingerprint density at radius 3 is 0.545 bits per heavy atom. The Kier molecular flexibility index (Phi) is 14.8. The molecular weight excluding hydrogens is 817 g/mol. The highest BCUT2D eigenvalue weighted by Crippen LogP contribution is 2.25. The van der Waals surface area contributed by atoms with Crippen molar-refractivity contribution in [3.63, 3.8) is 0 Å². The maximum atomic E-state index is 4.83. The van der Waals surface area contributed by atoms with E-state index < -0.39 is 0 Å². The van der Waals surface area contributed by atoms with Gasteiger partial charge in [0.1, 0.15) is 0 Å². The highest BCUT2D eigenvalue weighted by Gasteiger charge is 2.27. The van der Waals surface area contributed by atoms with Crippen molar-refractivity contribution in [3.05, 3.63) is 143 Å². The minimum absolute atomic E-state index is 0.403. The van der Waals surface area contributed by atoms with Gasteiger partial charge in [0.2, 0.25) is 0 Å². The molecule has 0 aromatic carbocycles. The molecular formula is C54H66N12. The fourth-order valence-corrected chi connectivity index (χ4v) is 10.4. The molecule has 0 spiro atoms. The van der Waals surface area contributed by atoms with Gasteiger partial charge in [-0.3, -0.25) is 29.9 Å². The van der Waals surface area contributed by atoms with Gasteiger partial charge in [0, 0.05) is 113 Å². The average Bonchev–Trinajstić information content (AvgIpc) is 3.38. The third-order valence-corrected chi connectivity index (χ3v) is 14.4. The topological polar surface area (TPSA) is 150 Å². The summed E-state index contributed by atoms with van der Waals surface area (Å²) >= 11 is 0. The summed E-state index contributed by atoms with van der Waals surface area (Å²) in [6.07, 6.45) is 26.5. The molecule has 12 nitrogen and oxygen atoms in total. The molecule has 66 heavy (non-hydrogen) atoms. The van der Waals surface area contributed by atoms with E-state index in [1.807, 2.05) is 37.2 Å². The van der Waals surface area contributed by atoms with Gasteiger partial charge in [-0.15, -0.1) is 0 Å². The highest BCUT2D eigenvalue weighted by molar-refractivity contribution is 5.56. The molecule has 342 valence electrons. The van der Waals surface area contributed by atoms with Crippen LogP contribution in [-0.4, -0.2) is 66.2 Å². The summed E-state index contributed by atoms with van der Waals surface area (Å²) in [6, 6.07) is 28.1. The molecule has 21 rings (SSSR count). The molecule has 6 aromatic rings. The summed E-state index contributed by atoms with van der Waals surface area (Å²) in [5, 5.41) is 23.2. The van der Waals surface area contributed by atoms with Crippen LogP contribution in [-0.2, 0) is 39.3 Å². The van der Waals surface area contributed by atoms with Gasteiger partial charge in [0.15, 0.2) is 0 Å². The summed E-state index contributed by atoms with van der Waals surface area (Å²) in [5.74, 6) is 0. The van der Waals surface area contributed by atoms with Crippen molar-refractivity contribution in [2.75, 3.05) is 0 Å².